The number of carbonyl (C=O) groups excluding carboxylic acids is 2. The van der Waals surface area contributed by atoms with Crippen molar-refractivity contribution >= 4 is 11.7 Å². The van der Waals surface area contributed by atoms with Gasteiger partial charge in [-0.3, -0.25) is 9.59 Å². The summed E-state index contributed by atoms with van der Waals surface area (Å²) in [6, 6.07) is 8.89. The molecule has 3 rings (SSSR count). The molecule has 2 unspecified atom stereocenters. The first-order valence-electron chi connectivity index (χ1n) is 11.2. The average molecular weight is 384 g/mol. The monoisotopic (exact) mass is 383 g/mol. The Morgan fingerprint density at radius 1 is 1.04 bits per heavy atom. The Labute approximate surface area is 170 Å². The Kier molecular flexibility index (Phi) is 6.62. The summed E-state index contributed by atoms with van der Waals surface area (Å²) in [4.78, 5) is 27.9. The highest BCUT2D eigenvalue weighted by Crippen LogP contribution is 2.36. The molecule has 1 heterocycles. The standard InChI is InChI=1S/C25H37NO2/c1-5-18-10-12-20(13-11-18)22-14-19(15-23(27)25(2,3)4)16-26(17-22)24(28)21-8-6-7-9-21/h10-13,19,21-22H,5-9,14-17H2,1-4H3. The van der Waals surface area contributed by atoms with E-state index in [0.717, 1.165) is 38.8 Å². The molecule has 154 valence electrons. The second-order valence-corrected chi connectivity index (χ2v) is 10.00. The van der Waals surface area contributed by atoms with Crippen molar-refractivity contribution in [1.29, 1.82) is 0 Å². The molecule has 0 radical (unpaired) electrons. The van der Waals surface area contributed by atoms with Crippen LogP contribution in [-0.2, 0) is 16.0 Å². The first-order valence-corrected chi connectivity index (χ1v) is 11.2. The quantitative estimate of drug-likeness (QED) is 0.685. The van der Waals surface area contributed by atoms with Crippen LogP contribution >= 0.6 is 0 Å². The molecule has 2 fully saturated rings. The molecule has 3 nitrogen and oxygen atoms in total. The van der Waals surface area contributed by atoms with Gasteiger partial charge in [-0.05, 0) is 42.7 Å². The predicted octanol–water partition coefficient (Wildman–Crippen LogP) is 5.38. The summed E-state index contributed by atoms with van der Waals surface area (Å²) >= 11 is 0. The minimum Gasteiger partial charge on any atom is -0.342 e. The van der Waals surface area contributed by atoms with E-state index in [9.17, 15) is 9.59 Å². The van der Waals surface area contributed by atoms with E-state index in [1.807, 2.05) is 20.8 Å². The normalized spacial score (nSPS) is 23.8. The Balaban J connectivity index is 1.78. The van der Waals surface area contributed by atoms with Crippen LogP contribution < -0.4 is 0 Å². The third-order valence-electron chi connectivity index (χ3n) is 6.72. The molecule has 3 heteroatoms. The van der Waals surface area contributed by atoms with E-state index < -0.39 is 0 Å². The zero-order chi connectivity index (χ0) is 20.3. The van der Waals surface area contributed by atoms with E-state index in [0.29, 0.717) is 24.0 Å². The molecule has 28 heavy (non-hydrogen) atoms. The molecule has 0 N–H and O–H groups in total. The number of piperidine rings is 1. The van der Waals surface area contributed by atoms with Gasteiger partial charge in [-0.25, -0.2) is 0 Å². The maximum absolute atomic E-state index is 13.1. The fourth-order valence-corrected chi connectivity index (χ4v) is 4.80. The lowest BCUT2D eigenvalue weighted by Crippen LogP contribution is -2.46. The number of hydrogen-bond acceptors (Lipinski definition) is 2. The second kappa shape index (κ2) is 8.80. The molecule has 1 aromatic carbocycles. The summed E-state index contributed by atoms with van der Waals surface area (Å²) in [5, 5.41) is 0. The topological polar surface area (TPSA) is 37.4 Å². The van der Waals surface area contributed by atoms with E-state index in [4.69, 9.17) is 0 Å². The molecule has 1 amide bonds. The first kappa shape index (κ1) is 21.1. The summed E-state index contributed by atoms with van der Waals surface area (Å²) in [5.74, 6) is 1.46. The van der Waals surface area contributed by atoms with Crippen molar-refractivity contribution in [2.75, 3.05) is 13.1 Å². The van der Waals surface area contributed by atoms with Crippen molar-refractivity contribution < 1.29 is 9.59 Å². The van der Waals surface area contributed by atoms with Crippen LogP contribution in [0, 0.1) is 17.3 Å². The van der Waals surface area contributed by atoms with Crippen molar-refractivity contribution in [3.63, 3.8) is 0 Å². The van der Waals surface area contributed by atoms with Crippen LogP contribution in [0.5, 0.6) is 0 Å². The fraction of sp³-hybridized carbons (Fsp3) is 0.680. The van der Waals surface area contributed by atoms with Gasteiger partial charge in [0.2, 0.25) is 5.91 Å². The van der Waals surface area contributed by atoms with Gasteiger partial charge in [0.25, 0.3) is 0 Å². The molecule has 1 saturated heterocycles. The van der Waals surface area contributed by atoms with Crippen LogP contribution in [0.4, 0.5) is 0 Å². The minimum absolute atomic E-state index is 0.209. The lowest BCUT2D eigenvalue weighted by Gasteiger charge is -2.39. The molecule has 0 spiro atoms. The van der Waals surface area contributed by atoms with E-state index in [-0.39, 0.29) is 17.3 Å². The van der Waals surface area contributed by atoms with Gasteiger partial charge in [-0.1, -0.05) is 64.8 Å². The Morgan fingerprint density at radius 3 is 2.25 bits per heavy atom. The number of rotatable bonds is 5. The van der Waals surface area contributed by atoms with Gasteiger partial charge in [0.05, 0.1) is 0 Å². The van der Waals surface area contributed by atoms with E-state index in [1.54, 1.807) is 0 Å². The fourth-order valence-electron chi connectivity index (χ4n) is 4.80. The molecule has 1 aliphatic carbocycles. The summed E-state index contributed by atoms with van der Waals surface area (Å²) in [5.41, 5.74) is 2.35. The van der Waals surface area contributed by atoms with Crippen molar-refractivity contribution in [3.8, 4) is 0 Å². The molecule has 1 aromatic rings. The van der Waals surface area contributed by atoms with Crippen LogP contribution in [-0.4, -0.2) is 29.7 Å². The largest absolute Gasteiger partial charge is 0.342 e. The SMILES string of the molecule is CCc1ccc(C2CC(CC(=O)C(C)(C)C)CN(C(=O)C3CCCC3)C2)cc1. The highest BCUT2D eigenvalue weighted by molar-refractivity contribution is 5.84. The van der Waals surface area contributed by atoms with Crippen LogP contribution in [0.2, 0.25) is 0 Å². The lowest BCUT2D eigenvalue weighted by atomic mass is 9.78. The van der Waals surface area contributed by atoms with Crippen molar-refractivity contribution in [3.05, 3.63) is 35.4 Å². The number of benzene rings is 1. The maximum Gasteiger partial charge on any atom is 0.225 e. The Hall–Kier alpha value is -1.64. The zero-order valence-electron chi connectivity index (χ0n) is 18.2. The minimum atomic E-state index is -0.310. The first-order chi connectivity index (χ1) is 13.3. The number of hydrogen-bond donors (Lipinski definition) is 0. The number of ketones is 1. The number of aryl methyl sites for hydroxylation is 1. The third-order valence-corrected chi connectivity index (χ3v) is 6.72. The summed E-state index contributed by atoms with van der Waals surface area (Å²) in [7, 11) is 0. The number of Topliss-reactive ketones (excluding diaryl/α,β-unsaturated/α-hetero) is 1. The number of nitrogens with zero attached hydrogens (tertiary/aromatic N) is 1. The lowest BCUT2D eigenvalue weighted by molar-refractivity contribution is -0.139. The molecule has 1 aliphatic heterocycles. The highest BCUT2D eigenvalue weighted by Gasteiger charge is 2.36. The van der Waals surface area contributed by atoms with Crippen molar-refractivity contribution in [2.24, 2.45) is 17.3 Å². The number of amides is 1. The second-order valence-electron chi connectivity index (χ2n) is 10.00. The van der Waals surface area contributed by atoms with E-state index in [1.165, 1.54) is 24.0 Å². The molecule has 2 aliphatic rings. The zero-order valence-corrected chi connectivity index (χ0v) is 18.2. The average Bonchev–Trinajstić information content (AvgIpc) is 3.21. The molecular formula is C25H37NO2. The van der Waals surface area contributed by atoms with Gasteiger partial charge < -0.3 is 4.90 Å². The van der Waals surface area contributed by atoms with Gasteiger partial charge in [-0.15, -0.1) is 0 Å². The van der Waals surface area contributed by atoms with Crippen LogP contribution in [0.25, 0.3) is 0 Å². The molecule has 2 atom stereocenters. The molecule has 1 saturated carbocycles. The van der Waals surface area contributed by atoms with Crippen LogP contribution in [0.1, 0.15) is 83.3 Å². The summed E-state index contributed by atoms with van der Waals surface area (Å²) in [6.07, 6.45) is 7.06. The van der Waals surface area contributed by atoms with Gasteiger partial charge in [0.1, 0.15) is 5.78 Å². The van der Waals surface area contributed by atoms with Gasteiger partial charge in [0, 0.05) is 36.8 Å². The molecular weight excluding hydrogens is 346 g/mol. The van der Waals surface area contributed by atoms with Gasteiger partial charge >= 0.3 is 0 Å². The summed E-state index contributed by atoms with van der Waals surface area (Å²) < 4.78 is 0. The van der Waals surface area contributed by atoms with Crippen molar-refractivity contribution in [2.45, 2.75) is 78.6 Å². The van der Waals surface area contributed by atoms with E-state index >= 15 is 0 Å². The Morgan fingerprint density at radius 2 is 1.68 bits per heavy atom. The van der Waals surface area contributed by atoms with E-state index in [2.05, 4.69) is 36.1 Å². The number of carbonyl (C=O) groups is 2. The molecule has 0 aromatic heterocycles. The van der Waals surface area contributed by atoms with Gasteiger partial charge in [0.15, 0.2) is 0 Å². The van der Waals surface area contributed by atoms with Crippen LogP contribution in [0.15, 0.2) is 24.3 Å². The predicted molar refractivity (Wildman–Crippen MR) is 114 cm³/mol. The number of likely N-dealkylation sites (tertiary alicyclic amines) is 1. The molecule has 0 bridgehead atoms. The van der Waals surface area contributed by atoms with Gasteiger partial charge in [-0.2, -0.15) is 0 Å². The summed E-state index contributed by atoms with van der Waals surface area (Å²) in [6.45, 7) is 9.73. The van der Waals surface area contributed by atoms with Crippen LogP contribution in [0.3, 0.4) is 0 Å². The highest BCUT2D eigenvalue weighted by atomic mass is 16.2. The Bertz CT molecular complexity index is 679. The third kappa shape index (κ3) is 5.04. The smallest absolute Gasteiger partial charge is 0.225 e. The van der Waals surface area contributed by atoms with Crippen molar-refractivity contribution in [1.82, 2.24) is 4.90 Å². The maximum atomic E-state index is 13.1.